The van der Waals surface area contributed by atoms with Gasteiger partial charge in [-0.3, -0.25) is 0 Å². The minimum Gasteiger partial charge on any atom is -0.207 e. The fourth-order valence-corrected chi connectivity index (χ4v) is 0.732. The van der Waals surface area contributed by atoms with E-state index in [-0.39, 0.29) is 5.83 Å². The van der Waals surface area contributed by atoms with Crippen molar-refractivity contribution in [2.45, 2.75) is 26.7 Å². The Bertz CT molecular complexity index is 117. The Kier molecular flexibility index (Phi) is 4.02. The third-order valence-corrected chi connectivity index (χ3v) is 1.37. The van der Waals surface area contributed by atoms with E-state index in [9.17, 15) is 4.39 Å². The maximum absolute atomic E-state index is 12.6. The Hall–Kier alpha value is -0.590. The first-order valence-electron chi connectivity index (χ1n) is 3.26. The SMILES string of the molecule is C=CC(F)=C(CC)CC. The van der Waals surface area contributed by atoms with Gasteiger partial charge in [0.1, 0.15) is 5.83 Å². The molecule has 9 heavy (non-hydrogen) atoms. The lowest BCUT2D eigenvalue weighted by molar-refractivity contribution is 0.640. The lowest BCUT2D eigenvalue weighted by Gasteiger charge is -1.97. The number of halogens is 1. The molecule has 0 nitrogen and oxygen atoms in total. The second kappa shape index (κ2) is 4.30. The van der Waals surface area contributed by atoms with E-state index < -0.39 is 0 Å². The molecule has 0 fully saturated rings. The molecule has 0 unspecified atom stereocenters. The van der Waals surface area contributed by atoms with Gasteiger partial charge in [-0.25, -0.2) is 4.39 Å². The Balaban J connectivity index is 4.17. The summed E-state index contributed by atoms with van der Waals surface area (Å²) in [5, 5.41) is 0. The summed E-state index contributed by atoms with van der Waals surface area (Å²) in [6.07, 6.45) is 2.84. The topological polar surface area (TPSA) is 0 Å². The van der Waals surface area contributed by atoms with Gasteiger partial charge in [0.15, 0.2) is 0 Å². The van der Waals surface area contributed by atoms with Crippen molar-refractivity contribution < 1.29 is 4.39 Å². The van der Waals surface area contributed by atoms with Crippen molar-refractivity contribution in [2.75, 3.05) is 0 Å². The normalized spacial score (nSPS) is 8.78. The van der Waals surface area contributed by atoms with Crippen molar-refractivity contribution in [3.8, 4) is 0 Å². The average Bonchev–Trinajstić information content (AvgIpc) is 1.90. The van der Waals surface area contributed by atoms with Crippen molar-refractivity contribution >= 4 is 0 Å². The first-order valence-corrected chi connectivity index (χ1v) is 3.26. The standard InChI is InChI=1S/C8H13F/c1-4-7(5-2)8(9)6-3/h6H,3-5H2,1-2H3. The van der Waals surface area contributed by atoms with Crippen LogP contribution in [-0.2, 0) is 0 Å². The fraction of sp³-hybridized carbons (Fsp3) is 0.500. The van der Waals surface area contributed by atoms with E-state index in [4.69, 9.17) is 0 Å². The lowest BCUT2D eigenvalue weighted by atomic mass is 10.1. The van der Waals surface area contributed by atoms with Gasteiger partial charge in [-0.2, -0.15) is 0 Å². The maximum atomic E-state index is 12.6. The molecule has 0 heterocycles. The molecule has 0 saturated carbocycles. The largest absolute Gasteiger partial charge is 0.207 e. The van der Waals surface area contributed by atoms with Crippen LogP contribution in [0.5, 0.6) is 0 Å². The monoisotopic (exact) mass is 128 g/mol. The molecule has 0 N–H and O–H groups in total. The summed E-state index contributed by atoms with van der Waals surface area (Å²) in [7, 11) is 0. The summed E-state index contributed by atoms with van der Waals surface area (Å²) >= 11 is 0. The van der Waals surface area contributed by atoms with Gasteiger partial charge in [-0.05, 0) is 24.5 Å². The van der Waals surface area contributed by atoms with E-state index in [2.05, 4.69) is 6.58 Å². The van der Waals surface area contributed by atoms with E-state index in [0.717, 1.165) is 18.4 Å². The molecule has 0 aliphatic carbocycles. The quantitative estimate of drug-likeness (QED) is 0.512. The molecule has 0 atom stereocenters. The molecule has 0 aromatic heterocycles. The van der Waals surface area contributed by atoms with Crippen LogP contribution < -0.4 is 0 Å². The summed E-state index contributed by atoms with van der Waals surface area (Å²) in [4.78, 5) is 0. The smallest absolute Gasteiger partial charge is 0.121 e. The molecule has 0 radical (unpaired) electrons. The fourth-order valence-electron chi connectivity index (χ4n) is 0.732. The molecule has 52 valence electrons. The van der Waals surface area contributed by atoms with Crippen LogP contribution in [0.4, 0.5) is 4.39 Å². The van der Waals surface area contributed by atoms with Gasteiger partial charge in [0.05, 0.1) is 0 Å². The lowest BCUT2D eigenvalue weighted by Crippen LogP contribution is -1.80. The van der Waals surface area contributed by atoms with Crippen LogP contribution in [0.2, 0.25) is 0 Å². The highest BCUT2D eigenvalue weighted by Crippen LogP contribution is 2.13. The Morgan fingerprint density at radius 3 is 2.00 bits per heavy atom. The van der Waals surface area contributed by atoms with Crippen molar-refractivity contribution in [1.82, 2.24) is 0 Å². The van der Waals surface area contributed by atoms with E-state index in [0.29, 0.717) is 0 Å². The van der Waals surface area contributed by atoms with Gasteiger partial charge in [0, 0.05) is 0 Å². The van der Waals surface area contributed by atoms with E-state index >= 15 is 0 Å². The summed E-state index contributed by atoms with van der Waals surface area (Å²) in [5.41, 5.74) is 0.852. The first-order chi connectivity index (χ1) is 4.26. The second-order valence-corrected chi connectivity index (χ2v) is 1.86. The molecule has 0 aromatic carbocycles. The molecule has 0 amide bonds. The molecule has 0 aliphatic heterocycles. The van der Waals surface area contributed by atoms with Crippen molar-refractivity contribution in [1.29, 1.82) is 0 Å². The minimum absolute atomic E-state index is 0.153. The van der Waals surface area contributed by atoms with Gasteiger partial charge in [0.2, 0.25) is 0 Å². The highest BCUT2D eigenvalue weighted by molar-refractivity contribution is 5.16. The Morgan fingerprint density at radius 2 is 1.89 bits per heavy atom. The summed E-state index contributed by atoms with van der Waals surface area (Å²) < 4.78 is 12.6. The third kappa shape index (κ3) is 2.45. The zero-order valence-corrected chi connectivity index (χ0v) is 6.08. The second-order valence-electron chi connectivity index (χ2n) is 1.86. The van der Waals surface area contributed by atoms with Crippen LogP contribution in [0, 0.1) is 0 Å². The van der Waals surface area contributed by atoms with Crippen LogP contribution >= 0.6 is 0 Å². The molecular weight excluding hydrogens is 115 g/mol. The van der Waals surface area contributed by atoms with E-state index in [1.807, 2.05) is 13.8 Å². The van der Waals surface area contributed by atoms with Gasteiger partial charge >= 0.3 is 0 Å². The average molecular weight is 128 g/mol. The van der Waals surface area contributed by atoms with Crippen LogP contribution in [0.1, 0.15) is 26.7 Å². The van der Waals surface area contributed by atoms with Crippen LogP contribution in [0.15, 0.2) is 24.1 Å². The molecule has 0 rings (SSSR count). The van der Waals surface area contributed by atoms with Crippen molar-refractivity contribution in [3.63, 3.8) is 0 Å². The molecule has 0 saturated heterocycles. The molecule has 0 spiro atoms. The van der Waals surface area contributed by atoms with Gasteiger partial charge in [-0.1, -0.05) is 20.4 Å². The Morgan fingerprint density at radius 1 is 1.44 bits per heavy atom. The molecular formula is C8H13F. The number of rotatable bonds is 3. The predicted octanol–water partition coefficient (Wildman–Crippen LogP) is 3.22. The van der Waals surface area contributed by atoms with Gasteiger partial charge < -0.3 is 0 Å². The molecule has 0 bridgehead atoms. The van der Waals surface area contributed by atoms with Crippen LogP contribution in [0.3, 0.4) is 0 Å². The van der Waals surface area contributed by atoms with Crippen LogP contribution in [0.25, 0.3) is 0 Å². The van der Waals surface area contributed by atoms with Crippen molar-refractivity contribution in [3.05, 3.63) is 24.1 Å². The first kappa shape index (κ1) is 8.41. The minimum atomic E-state index is -0.153. The zero-order valence-electron chi connectivity index (χ0n) is 6.08. The zero-order chi connectivity index (χ0) is 7.28. The van der Waals surface area contributed by atoms with Crippen LogP contribution in [-0.4, -0.2) is 0 Å². The number of hydrogen-bond acceptors (Lipinski definition) is 0. The van der Waals surface area contributed by atoms with Gasteiger partial charge in [-0.15, -0.1) is 0 Å². The molecule has 0 aromatic rings. The number of hydrogen-bond donors (Lipinski definition) is 0. The highest BCUT2D eigenvalue weighted by Gasteiger charge is 1.95. The summed E-state index contributed by atoms with van der Waals surface area (Å²) in [6, 6.07) is 0. The molecule has 0 aliphatic rings. The van der Waals surface area contributed by atoms with E-state index in [1.54, 1.807) is 0 Å². The summed E-state index contributed by atoms with van der Waals surface area (Å²) in [5.74, 6) is -0.153. The summed E-state index contributed by atoms with van der Waals surface area (Å²) in [6.45, 7) is 7.24. The predicted molar refractivity (Wildman–Crippen MR) is 38.9 cm³/mol. The Labute approximate surface area is 56.1 Å². The van der Waals surface area contributed by atoms with E-state index in [1.165, 1.54) is 6.08 Å². The van der Waals surface area contributed by atoms with Gasteiger partial charge in [0.25, 0.3) is 0 Å². The third-order valence-electron chi connectivity index (χ3n) is 1.37. The number of allylic oxidation sites excluding steroid dienone is 3. The highest BCUT2D eigenvalue weighted by atomic mass is 19.1. The van der Waals surface area contributed by atoms with Crippen molar-refractivity contribution in [2.24, 2.45) is 0 Å². The maximum Gasteiger partial charge on any atom is 0.121 e. The molecule has 1 heteroatoms.